The Hall–Kier alpha value is -0.570. The van der Waals surface area contributed by atoms with Gasteiger partial charge < -0.3 is 10.2 Å². The summed E-state index contributed by atoms with van der Waals surface area (Å²) in [4.78, 5) is 2.46. The molecule has 1 aromatic carbocycles. The lowest BCUT2D eigenvalue weighted by molar-refractivity contribution is 0.168. The molecule has 1 saturated heterocycles. The van der Waals surface area contributed by atoms with Gasteiger partial charge in [0.25, 0.3) is 0 Å². The van der Waals surface area contributed by atoms with Crippen molar-refractivity contribution in [3.05, 3.63) is 34.9 Å². The van der Waals surface area contributed by atoms with E-state index < -0.39 is 0 Å². The lowest BCUT2D eigenvalue weighted by Gasteiger charge is -2.36. The monoisotopic (exact) mass is 308 g/mol. The van der Waals surface area contributed by atoms with Crippen molar-refractivity contribution in [2.24, 2.45) is 11.8 Å². The van der Waals surface area contributed by atoms with Crippen molar-refractivity contribution >= 4 is 11.6 Å². The summed E-state index contributed by atoms with van der Waals surface area (Å²) in [6, 6.07) is 9.22. The number of rotatable bonds is 5. The summed E-state index contributed by atoms with van der Waals surface area (Å²) in [7, 11) is 2.23. The molecule has 1 aromatic rings. The second-order valence-corrected chi connectivity index (χ2v) is 7.33. The summed E-state index contributed by atoms with van der Waals surface area (Å²) in [5.74, 6) is 1.31. The van der Waals surface area contributed by atoms with Gasteiger partial charge in [-0.05, 0) is 62.9 Å². The van der Waals surface area contributed by atoms with Crippen LogP contribution in [0.4, 0.5) is 0 Å². The minimum Gasteiger partial charge on any atom is -0.307 e. The first-order chi connectivity index (χ1) is 9.97. The molecule has 0 bridgehead atoms. The van der Waals surface area contributed by atoms with Crippen molar-refractivity contribution in [1.82, 2.24) is 10.2 Å². The molecule has 0 spiro atoms. The molecule has 118 valence electrons. The molecule has 1 fully saturated rings. The Balaban J connectivity index is 2.03. The second-order valence-electron chi connectivity index (χ2n) is 6.89. The summed E-state index contributed by atoms with van der Waals surface area (Å²) in [6.07, 6.45) is 2.66. The van der Waals surface area contributed by atoms with Gasteiger partial charge in [0.2, 0.25) is 0 Å². The number of hydrogen-bond donors (Lipinski definition) is 1. The summed E-state index contributed by atoms with van der Waals surface area (Å²) < 4.78 is 0. The van der Waals surface area contributed by atoms with Crippen molar-refractivity contribution in [1.29, 1.82) is 0 Å². The quantitative estimate of drug-likeness (QED) is 0.869. The van der Waals surface area contributed by atoms with E-state index in [2.05, 4.69) is 50.2 Å². The van der Waals surface area contributed by atoms with Crippen LogP contribution in [-0.4, -0.2) is 31.1 Å². The van der Waals surface area contributed by atoms with Gasteiger partial charge in [-0.15, -0.1) is 0 Å². The standard InChI is InChI=1S/C18H29ClN2/c1-13(2)18(15-7-9-17(19)10-8-15)20-14(3)16-6-5-11-21(4)12-16/h7-10,13-14,16,18,20H,5-6,11-12H2,1-4H3. The van der Waals surface area contributed by atoms with E-state index in [1.165, 1.54) is 31.5 Å². The zero-order valence-corrected chi connectivity index (χ0v) is 14.5. The highest BCUT2D eigenvalue weighted by atomic mass is 35.5. The average molecular weight is 309 g/mol. The number of hydrogen-bond acceptors (Lipinski definition) is 2. The number of benzene rings is 1. The van der Waals surface area contributed by atoms with E-state index >= 15 is 0 Å². The van der Waals surface area contributed by atoms with Crippen molar-refractivity contribution in [2.75, 3.05) is 20.1 Å². The van der Waals surface area contributed by atoms with Crippen LogP contribution in [0.1, 0.15) is 45.2 Å². The van der Waals surface area contributed by atoms with Gasteiger partial charge >= 0.3 is 0 Å². The molecule has 1 aliphatic rings. The zero-order valence-electron chi connectivity index (χ0n) is 13.8. The van der Waals surface area contributed by atoms with Gasteiger partial charge in [0.05, 0.1) is 0 Å². The van der Waals surface area contributed by atoms with E-state index in [1.54, 1.807) is 0 Å². The fourth-order valence-corrected chi connectivity index (χ4v) is 3.50. The Morgan fingerprint density at radius 1 is 1.19 bits per heavy atom. The number of piperidine rings is 1. The highest BCUT2D eigenvalue weighted by Gasteiger charge is 2.26. The van der Waals surface area contributed by atoms with Gasteiger partial charge in [-0.1, -0.05) is 37.6 Å². The molecule has 0 aliphatic carbocycles. The molecule has 3 heteroatoms. The Labute approximate surface area is 134 Å². The topological polar surface area (TPSA) is 15.3 Å². The lowest BCUT2D eigenvalue weighted by atomic mass is 9.89. The molecule has 0 amide bonds. The fraction of sp³-hybridized carbons (Fsp3) is 0.667. The van der Waals surface area contributed by atoms with Crippen LogP contribution < -0.4 is 5.32 Å². The average Bonchev–Trinajstić information content (AvgIpc) is 2.45. The van der Waals surface area contributed by atoms with Crippen molar-refractivity contribution in [2.45, 2.75) is 45.7 Å². The molecule has 1 N–H and O–H groups in total. The number of halogens is 1. The van der Waals surface area contributed by atoms with Crippen LogP contribution in [0.25, 0.3) is 0 Å². The van der Waals surface area contributed by atoms with E-state index in [0.29, 0.717) is 18.0 Å². The van der Waals surface area contributed by atoms with Crippen molar-refractivity contribution in [3.63, 3.8) is 0 Å². The molecule has 21 heavy (non-hydrogen) atoms. The molecule has 0 radical (unpaired) electrons. The van der Waals surface area contributed by atoms with Crippen LogP contribution in [0.5, 0.6) is 0 Å². The van der Waals surface area contributed by atoms with Crippen LogP contribution >= 0.6 is 11.6 Å². The molecule has 1 aliphatic heterocycles. The Morgan fingerprint density at radius 2 is 1.86 bits per heavy atom. The van der Waals surface area contributed by atoms with Gasteiger partial charge in [-0.25, -0.2) is 0 Å². The third-order valence-electron chi connectivity index (χ3n) is 4.71. The third kappa shape index (κ3) is 4.70. The Kier molecular flexibility index (Phi) is 6.09. The Morgan fingerprint density at radius 3 is 2.43 bits per heavy atom. The minimum atomic E-state index is 0.393. The molecule has 3 atom stereocenters. The number of nitrogens with one attached hydrogen (secondary N) is 1. The zero-order chi connectivity index (χ0) is 15.4. The predicted octanol–water partition coefficient (Wildman–Crippen LogP) is 4.36. The summed E-state index contributed by atoms with van der Waals surface area (Å²) in [5, 5.41) is 4.68. The van der Waals surface area contributed by atoms with Crippen LogP contribution in [0.15, 0.2) is 24.3 Å². The van der Waals surface area contributed by atoms with Gasteiger partial charge in [-0.2, -0.15) is 0 Å². The predicted molar refractivity (Wildman–Crippen MR) is 91.8 cm³/mol. The molecular formula is C18H29ClN2. The minimum absolute atomic E-state index is 0.393. The first-order valence-electron chi connectivity index (χ1n) is 8.17. The molecule has 2 rings (SSSR count). The van der Waals surface area contributed by atoms with Gasteiger partial charge in [0, 0.05) is 23.7 Å². The molecule has 1 heterocycles. The van der Waals surface area contributed by atoms with E-state index in [-0.39, 0.29) is 0 Å². The number of nitrogens with zero attached hydrogens (tertiary/aromatic N) is 1. The van der Waals surface area contributed by atoms with Gasteiger partial charge in [0.1, 0.15) is 0 Å². The summed E-state index contributed by atoms with van der Waals surface area (Å²) in [6.45, 7) is 9.36. The van der Waals surface area contributed by atoms with Crippen LogP contribution in [-0.2, 0) is 0 Å². The highest BCUT2D eigenvalue weighted by molar-refractivity contribution is 6.30. The summed E-state index contributed by atoms with van der Waals surface area (Å²) in [5.41, 5.74) is 1.34. The van der Waals surface area contributed by atoms with Crippen molar-refractivity contribution < 1.29 is 0 Å². The van der Waals surface area contributed by atoms with Gasteiger partial charge in [-0.3, -0.25) is 0 Å². The first kappa shape index (κ1) is 16.8. The maximum Gasteiger partial charge on any atom is 0.0406 e. The van der Waals surface area contributed by atoms with Crippen LogP contribution in [0.2, 0.25) is 5.02 Å². The highest BCUT2D eigenvalue weighted by Crippen LogP contribution is 2.26. The van der Waals surface area contributed by atoms with Crippen molar-refractivity contribution in [3.8, 4) is 0 Å². The van der Waals surface area contributed by atoms with E-state index in [4.69, 9.17) is 11.6 Å². The third-order valence-corrected chi connectivity index (χ3v) is 4.96. The number of likely N-dealkylation sites (tertiary alicyclic amines) is 1. The lowest BCUT2D eigenvalue weighted by Crippen LogP contribution is -2.45. The van der Waals surface area contributed by atoms with E-state index in [9.17, 15) is 0 Å². The second kappa shape index (κ2) is 7.62. The van der Waals surface area contributed by atoms with Gasteiger partial charge in [0.15, 0.2) is 0 Å². The molecule has 3 unspecified atom stereocenters. The maximum absolute atomic E-state index is 6.01. The maximum atomic E-state index is 6.01. The SMILES string of the molecule is CC(C)C(NC(C)C1CCCN(C)C1)c1ccc(Cl)cc1. The summed E-state index contributed by atoms with van der Waals surface area (Å²) >= 11 is 6.01. The van der Waals surface area contributed by atoms with E-state index in [1.807, 2.05) is 12.1 Å². The normalized spacial score (nSPS) is 23.2. The first-order valence-corrected chi connectivity index (χ1v) is 8.55. The Bertz CT molecular complexity index is 429. The molecular weight excluding hydrogens is 280 g/mol. The van der Waals surface area contributed by atoms with Crippen LogP contribution in [0, 0.1) is 11.8 Å². The smallest absolute Gasteiger partial charge is 0.0406 e. The van der Waals surface area contributed by atoms with E-state index in [0.717, 1.165) is 10.9 Å². The molecule has 0 saturated carbocycles. The molecule has 0 aromatic heterocycles. The molecule has 2 nitrogen and oxygen atoms in total. The van der Waals surface area contributed by atoms with Crippen LogP contribution in [0.3, 0.4) is 0 Å². The fourth-order valence-electron chi connectivity index (χ4n) is 3.38. The largest absolute Gasteiger partial charge is 0.307 e.